The molecule has 0 atom stereocenters. The van der Waals surface area contributed by atoms with Crippen molar-refractivity contribution >= 4 is 11.8 Å². The molecule has 1 aliphatic rings. The fourth-order valence-corrected chi connectivity index (χ4v) is 2.53. The van der Waals surface area contributed by atoms with Crippen molar-refractivity contribution in [2.75, 3.05) is 26.2 Å². The van der Waals surface area contributed by atoms with Crippen LogP contribution >= 0.6 is 0 Å². The minimum absolute atomic E-state index is 0.0217. The normalized spacial score (nSPS) is 15.5. The van der Waals surface area contributed by atoms with Crippen LogP contribution in [0.1, 0.15) is 29.8 Å². The molecular weight excluding hydrogens is 271 g/mol. The lowest BCUT2D eigenvalue weighted by Gasteiger charge is -2.35. The van der Waals surface area contributed by atoms with Gasteiger partial charge < -0.3 is 9.80 Å². The molecule has 114 valence electrons. The molecule has 0 bridgehead atoms. The first-order valence-corrected chi connectivity index (χ1v) is 7.24. The lowest BCUT2D eigenvalue weighted by molar-refractivity contribution is -0.135. The van der Waals surface area contributed by atoms with Crippen molar-refractivity contribution in [2.45, 2.75) is 20.8 Å². The second-order valence-electron chi connectivity index (χ2n) is 5.73. The third-order valence-electron chi connectivity index (χ3n) is 3.79. The molecule has 21 heavy (non-hydrogen) atoms. The first kappa shape index (κ1) is 15.5. The molecule has 1 heterocycles. The van der Waals surface area contributed by atoms with Crippen molar-refractivity contribution in [3.8, 4) is 0 Å². The van der Waals surface area contributed by atoms with E-state index in [-0.39, 0.29) is 23.5 Å². The largest absolute Gasteiger partial charge is 0.339 e. The monoisotopic (exact) mass is 292 g/mol. The van der Waals surface area contributed by atoms with Crippen LogP contribution in [0.3, 0.4) is 0 Å². The van der Waals surface area contributed by atoms with Crippen molar-refractivity contribution in [3.05, 3.63) is 35.1 Å². The van der Waals surface area contributed by atoms with Gasteiger partial charge in [0.25, 0.3) is 5.91 Å². The second-order valence-corrected chi connectivity index (χ2v) is 5.73. The Hall–Kier alpha value is -1.91. The van der Waals surface area contributed by atoms with Crippen molar-refractivity contribution in [3.63, 3.8) is 0 Å². The van der Waals surface area contributed by atoms with Gasteiger partial charge >= 0.3 is 0 Å². The maximum absolute atomic E-state index is 13.1. The minimum atomic E-state index is -0.337. The average molecular weight is 292 g/mol. The van der Waals surface area contributed by atoms with Crippen LogP contribution in [0.4, 0.5) is 4.39 Å². The summed E-state index contributed by atoms with van der Waals surface area (Å²) >= 11 is 0. The van der Waals surface area contributed by atoms with E-state index < -0.39 is 0 Å². The molecule has 1 aliphatic heterocycles. The fourth-order valence-electron chi connectivity index (χ4n) is 2.53. The van der Waals surface area contributed by atoms with Gasteiger partial charge in [0.15, 0.2) is 0 Å². The van der Waals surface area contributed by atoms with Crippen LogP contribution in [0.2, 0.25) is 0 Å². The highest BCUT2D eigenvalue weighted by Crippen LogP contribution is 2.15. The number of nitrogens with zero attached hydrogens (tertiary/aromatic N) is 2. The molecule has 1 aromatic rings. The first-order chi connectivity index (χ1) is 9.90. The number of rotatable bonds is 2. The van der Waals surface area contributed by atoms with Crippen LogP contribution < -0.4 is 0 Å². The topological polar surface area (TPSA) is 40.6 Å². The number of amides is 2. The zero-order valence-electron chi connectivity index (χ0n) is 12.7. The SMILES string of the molecule is Cc1cc(F)ccc1C(=O)N1CCN(C(=O)C(C)C)CC1. The van der Waals surface area contributed by atoms with Gasteiger partial charge in [-0.05, 0) is 30.7 Å². The molecule has 0 spiro atoms. The van der Waals surface area contributed by atoms with E-state index in [1.807, 2.05) is 13.8 Å². The number of carbonyl (C=O) groups excluding carboxylic acids is 2. The van der Waals surface area contributed by atoms with Gasteiger partial charge in [0, 0.05) is 37.7 Å². The molecule has 5 heteroatoms. The van der Waals surface area contributed by atoms with Crippen molar-refractivity contribution in [1.29, 1.82) is 0 Å². The molecule has 0 aliphatic carbocycles. The smallest absolute Gasteiger partial charge is 0.254 e. The highest BCUT2D eigenvalue weighted by Gasteiger charge is 2.26. The third kappa shape index (κ3) is 3.40. The van der Waals surface area contributed by atoms with E-state index in [1.165, 1.54) is 18.2 Å². The van der Waals surface area contributed by atoms with Gasteiger partial charge in [-0.3, -0.25) is 9.59 Å². The Morgan fingerprint density at radius 2 is 1.67 bits per heavy atom. The van der Waals surface area contributed by atoms with E-state index in [1.54, 1.807) is 16.7 Å². The Kier molecular flexibility index (Phi) is 4.60. The minimum Gasteiger partial charge on any atom is -0.339 e. The predicted octanol–water partition coefficient (Wildman–Crippen LogP) is 2.07. The van der Waals surface area contributed by atoms with E-state index in [0.717, 1.165) is 0 Å². The molecular formula is C16H21FN2O2. The molecule has 4 nitrogen and oxygen atoms in total. The van der Waals surface area contributed by atoms with Gasteiger partial charge in [-0.25, -0.2) is 4.39 Å². The maximum atomic E-state index is 13.1. The summed E-state index contributed by atoms with van der Waals surface area (Å²) < 4.78 is 13.1. The van der Waals surface area contributed by atoms with Crippen LogP contribution in [0.15, 0.2) is 18.2 Å². The lowest BCUT2D eigenvalue weighted by atomic mass is 10.1. The summed E-state index contributed by atoms with van der Waals surface area (Å²) in [5.74, 6) is -0.327. The molecule has 2 rings (SSSR count). The zero-order chi connectivity index (χ0) is 15.6. The second kappa shape index (κ2) is 6.24. The highest BCUT2D eigenvalue weighted by atomic mass is 19.1. The van der Waals surface area contributed by atoms with Gasteiger partial charge in [-0.2, -0.15) is 0 Å². The van der Waals surface area contributed by atoms with Gasteiger partial charge in [0.2, 0.25) is 5.91 Å². The Morgan fingerprint density at radius 1 is 1.10 bits per heavy atom. The Bertz CT molecular complexity index is 549. The van der Waals surface area contributed by atoms with Crippen molar-refractivity contribution in [1.82, 2.24) is 9.80 Å². The van der Waals surface area contributed by atoms with Crippen LogP contribution in [0.5, 0.6) is 0 Å². The Balaban J connectivity index is 2.02. The third-order valence-corrected chi connectivity index (χ3v) is 3.79. The van der Waals surface area contributed by atoms with E-state index in [4.69, 9.17) is 0 Å². The summed E-state index contributed by atoms with van der Waals surface area (Å²) in [5, 5.41) is 0. The van der Waals surface area contributed by atoms with Crippen LogP contribution in [0, 0.1) is 18.7 Å². The molecule has 0 N–H and O–H groups in total. The number of benzene rings is 1. The number of aryl methyl sites for hydroxylation is 1. The van der Waals surface area contributed by atoms with Crippen molar-refractivity contribution < 1.29 is 14.0 Å². The molecule has 0 saturated carbocycles. The average Bonchev–Trinajstić information content (AvgIpc) is 2.46. The number of hydrogen-bond acceptors (Lipinski definition) is 2. The van der Waals surface area contributed by atoms with E-state index >= 15 is 0 Å². The molecule has 0 radical (unpaired) electrons. The maximum Gasteiger partial charge on any atom is 0.254 e. The molecule has 0 aromatic heterocycles. The molecule has 1 saturated heterocycles. The van der Waals surface area contributed by atoms with Crippen LogP contribution in [-0.2, 0) is 4.79 Å². The van der Waals surface area contributed by atoms with Gasteiger partial charge in [0.1, 0.15) is 5.82 Å². The van der Waals surface area contributed by atoms with Crippen molar-refractivity contribution in [2.24, 2.45) is 5.92 Å². The predicted molar refractivity (Wildman–Crippen MR) is 78.5 cm³/mol. The van der Waals surface area contributed by atoms with E-state index in [9.17, 15) is 14.0 Å². The van der Waals surface area contributed by atoms with E-state index in [0.29, 0.717) is 37.3 Å². The zero-order valence-corrected chi connectivity index (χ0v) is 12.7. The summed E-state index contributed by atoms with van der Waals surface area (Å²) in [6.07, 6.45) is 0. The molecule has 0 unspecified atom stereocenters. The summed E-state index contributed by atoms with van der Waals surface area (Å²) in [6, 6.07) is 4.20. The lowest BCUT2D eigenvalue weighted by Crippen LogP contribution is -2.51. The van der Waals surface area contributed by atoms with Crippen LogP contribution in [0.25, 0.3) is 0 Å². The molecule has 2 amide bonds. The Labute approximate surface area is 124 Å². The van der Waals surface area contributed by atoms with Gasteiger partial charge in [0.05, 0.1) is 0 Å². The van der Waals surface area contributed by atoms with E-state index in [2.05, 4.69) is 0 Å². The summed E-state index contributed by atoms with van der Waals surface area (Å²) in [6.45, 7) is 7.65. The highest BCUT2D eigenvalue weighted by molar-refractivity contribution is 5.95. The van der Waals surface area contributed by atoms with Gasteiger partial charge in [-0.1, -0.05) is 13.8 Å². The van der Waals surface area contributed by atoms with Crippen LogP contribution in [-0.4, -0.2) is 47.8 Å². The van der Waals surface area contributed by atoms with Gasteiger partial charge in [-0.15, -0.1) is 0 Å². The standard InChI is InChI=1S/C16H21FN2O2/c1-11(2)15(20)18-6-8-19(9-7-18)16(21)14-5-4-13(17)10-12(14)3/h4-5,10-11H,6-9H2,1-3H3. The number of halogens is 1. The number of hydrogen-bond donors (Lipinski definition) is 0. The summed E-state index contributed by atoms with van der Waals surface area (Å²) in [4.78, 5) is 27.9. The quantitative estimate of drug-likeness (QED) is 0.837. The first-order valence-electron chi connectivity index (χ1n) is 7.24. The number of piperazine rings is 1. The summed E-state index contributed by atoms with van der Waals surface area (Å²) in [7, 11) is 0. The molecule has 1 fully saturated rings. The fraction of sp³-hybridized carbons (Fsp3) is 0.500. The summed E-state index contributed by atoms with van der Waals surface area (Å²) in [5.41, 5.74) is 1.17. The Morgan fingerprint density at radius 3 is 2.19 bits per heavy atom. The molecule has 1 aromatic carbocycles. The number of carbonyl (C=O) groups is 2.